The molecule has 5 rings (SSSR count). The number of anilines is 1. The molecule has 4 aromatic rings. The van der Waals surface area contributed by atoms with Crippen LogP contribution in [0.15, 0.2) is 81.7 Å². The number of rotatable bonds is 7. The minimum atomic E-state index is -4.86. The molecule has 1 aliphatic heterocycles. The van der Waals surface area contributed by atoms with Gasteiger partial charge in [-0.15, -0.1) is 8.78 Å². The molecule has 0 bridgehead atoms. The van der Waals surface area contributed by atoms with Gasteiger partial charge in [-0.2, -0.15) is 13.2 Å². The quantitative estimate of drug-likeness (QED) is 0.162. The molecule has 1 aliphatic rings. The summed E-state index contributed by atoms with van der Waals surface area (Å²) >= 11 is 0. The van der Waals surface area contributed by atoms with E-state index in [1.807, 2.05) is 0 Å². The molecule has 0 fully saturated rings. The summed E-state index contributed by atoms with van der Waals surface area (Å²) in [5.41, 5.74) is 0.539. The number of nitrogens with zero attached hydrogens (tertiary/aromatic N) is 1. The number of ether oxygens (including phenoxy) is 2. The summed E-state index contributed by atoms with van der Waals surface area (Å²) in [5.74, 6) is -0.0956. The number of aryl methyl sites for hydroxylation is 1. The Hall–Kier alpha value is -4.72. The summed E-state index contributed by atoms with van der Waals surface area (Å²) in [5, 5.41) is 10.2. The third-order valence-electron chi connectivity index (χ3n) is 6.27. The van der Waals surface area contributed by atoms with Crippen molar-refractivity contribution in [1.82, 2.24) is 4.98 Å². The van der Waals surface area contributed by atoms with Crippen LogP contribution in [0, 0.1) is 12.3 Å². The molecule has 0 atom stereocenters. The molecule has 1 aromatic heterocycles. The van der Waals surface area contributed by atoms with E-state index < -0.39 is 28.0 Å². The second-order valence-corrected chi connectivity index (χ2v) is 11.7. The van der Waals surface area contributed by atoms with Gasteiger partial charge in [0.1, 0.15) is 11.4 Å². The van der Waals surface area contributed by atoms with E-state index in [1.54, 1.807) is 37.3 Å². The molecule has 224 valence electrons. The summed E-state index contributed by atoms with van der Waals surface area (Å²) in [4.78, 5) is 4.49. The molecule has 14 heteroatoms. The number of fused-ring (bicyclic) bond motifs is 1. The van der Waals surface area contributed by atoms with E-state index in [0.717, 1.165) is 6.26 Å². The molecule has 0 radical (unpaired) electrons. The maximum absolute atomic E-state index is 13.7. The SMILES string of the molecule is C/C(=C/C(=N)C(F)(F)F)Nc1ccc(-c2cccc(S(C)(=O)=O)c2)cc1-c1oc(C)nc1-c1ccc2c(c1)OC(F)(F)O2. The van der Waals surface area contributed by atoms with Gasteiger partial charge in [0, 0.05) is 35.7 Å². The van der Waals surface area contributed by atoms with Crippen LogP contribution in [0.25, 0.3) is 33.7 Å². The monoisotopic (exact) mass is 619 g/mol. The van der Waals surface area contributed by atoms with Gasteiger partial charge < -0.3 is 19.2 Å². The molecule has 2 heterocycles. The number of benzene rings is 3. The first kappa shape index (κ1) is 29.8. The number of nitrogens with one attached hydrogen (secondary N) is 2. The predicted octanol–water partition coefficient (Wildman–Crippen LogP) is 7.61. The van der Waals surface area contributed by atoms with Gasteiger partial charge in [-0.3, -0.25) is 5.41 Å². The van der Waals surface area contributed by atoms with Crippen LogP contribution in [-0.2, 0) is 9.84 Å². The highest BCUT2D eigenvalue weighted by Crippen LogP contribution is 2.45. The molecular formula is C29H22F5N3O5S. The first-order valence-electron chi connectivity index (χ1n) is 12.4. The molecule has 0 spiro atoms. The molecule has 0 saturated carbocycles. The molecule has 8 nitrogen and oxygen atoms in total. The Bertz CT molecular complexity index is 1900. The Morgan fingerprint density at radius 1 is 0.977 bits per heavy atom. The van der Waals surface area contributed by atoms with Crippen molar-refractivity contribution >= 4 is 21.2 Å². The van der Waals surface area contributed by atoms with Crippen molar-refractivity contribution in [3.8, 4) is 45.2 Å². The summed E-state index contributed by atoms with van der Waals surface area (Å²) in [6.07, 6.45) is -7.00. The number of halogens is 5. The van der Waals surface area contributed by atoms with E-state index in [-0.39, 0.29) is 45.1 Å². The predicted molar refractivity (Wildman–Crippen MR) is 148 cm³/mol. The molecule has 43 heavy (non-hydrogen) atoms. The van der Waals surface area contributed by atoms with Crippen LogP contribution < -0.4 is 14.8 Å². The van der Waals surface area contributed by atoms with E-state index >= 15 is 0 Å². The van der Waals surface area contributed by atoms with Crippen molar-refractivity contribution in [3.05, 3.63) is 78.3 Å². The third-order valence-corrected chi connectivity index (χ3v) is 7.38. The summed E-state index contributed by atoms with van der Waals surface area (Å²) < 4.78 is 106. The Balaban J connectivity index is 1.66. The number of alkyl halides is 5. The van der Waals surface area contributed by atoms with E-state index in [4.69, 9.17) is 9.83 Å². The Kier molecular flexibility index (Phi) is 7.28. The summed E-state index contributed by atoms with van der Waals surface area (Å²) in [6, 6.07) is 15.0. The average Bonchev–Trinajstić information content (AvgIpc) is 3.45. The van der Waals surface area contributed by atoms with Crippen LogP contribution in [-0.4, -0.2) is 37.8 Å². The third kappa shape index (κ3) is 6.38. The van der Waals surface area contributed by atoms with Crippen molar-refractivity contribution in [3.63, 3.8) is 0 Å². The van der Waals surface area contributed by atoms with Gasteiger partial charge >= 0.3 is 12.5 Å². The van der Waals surface area contributed by atoms with Gasteiger partial charge in [0.2, 0.25) is 0 Å². The highest BCUT2D eigenvalue weighted by atomic mass is 32.2. The summed E-state index contributed by atoms with van der Waals surface area (Å²) in [7, 11) is -3.53. The molecule has 0 saturated heterocycles. The fourth-order valence-electron chi connectivity index (χ4n) is 4.38. The average molecular weight is 620 g/mol. The van der Waals surface area contributed by atoms with Crippen LogP contribution in [0.3, 0.4) is 0 Å². The smallest absolute Gasteiger partial charge is 0.440 e. The Morgan fingerprint density at radius 3 is 2.35 bits per heavy atom. The second-order valence-electron chi connectivity index (χ2n) is 9.66. The lowest BCUT2D eigenvalue weighted by molar-refractivity contribution is -0.286. The maximum atomic E-state index is 13.7. The lowest BCUT2D eigenvalue weighted by Gasteiger charge is -2.15. The number of sulfone groups is 1. The van der Waals surface area contributed by atoms with E-state index in [2.05, 4.69) is 19.8 Å². The fraction of sp³-hybridized carbons (Fsp3) is 0.172. The van der Waals surface area contributed by atoms with Gasteiger partial charge in [-0.05, 0) is 66.6 Å². The number of oxazole rings is 1. The Morgan fingerprint density at radius 2 is 1.65 bits per heavy atom. The summed E-state index contributed by atoms with van der Waals surface area (Å²) in [6.45, 7) is 2.90. The Labute approximate surface area is 242 Å². The van der Waals surface area contributed by atoms with Gasteiger partial charge in [-0.1, -0.05) is 18.2 Å². The zero-order valence-electron chi connectivity index (χ0n) is 22.6. The van der Waals surface area contributed by atoms with Crippen molar-refractivity contribution in [2.75, 3.05) is 11.6 Å². The van der Waals surface area contributed by atoms with Crippen molar-refractivity contribution < 1.29 is 44.3 Å². The van der Waals surface area contributed by atoms with Crippen LogP contribution >= 0.6 is 0 Å². The van der Waals surface area contributed by atoms with Crippen LogP contribution in [0.2, 0.25) is 0 Å². The first-order valence-corrected chi connectivity index (χ1v) is 14.3. The largest absolute Gasteiger partial charge is 0.586 e. The highest BCUT2D eigenvalue weighted by molar-refractivity contribution is 7.90. The van der Waals surface area contributed by atoms with Crippen molar-refractivity contribution in [1.29, 1.82) is 5.41 Å². The lowest BCUT2D eigenvalue weighted by atomic mass is 9.98. The van der Waals surface area contributed by atoms with Crippen molar-refractivity contribution in [2.45, 2.75) is 31.2 Å². The standard InChI is InChI=1S/C29H22F5N3O5S/c1-15(11-25(35)28(30,31)32)36-22-9-7-18(17-5-4-6-20(12-17)43(3,38)39)13-21(22)27-26(37-16(2)40-27)19-8-10-23-24(14-19)42-29(33,34)41-23/h4-14,35-36H,1-3H3/b15-11-,35-25?. The zero-order chi connectivity index (χ0) is 31.3. The molecular weight excluding hydrogens is 597 g/mol. The van der Waals surface area contributed by atoms with Gasteiger partial charge in [0.25, 0.3) is 0 Å². The van der Waals surface area contributed by atoms with E-state index in [0.29, 0.717) is 28.3 Å². The van der Waals surface area contributed by atoms with Crippen LogP contribution in [0.4, 0.5) is 27.6 Å². The topological polar surface area (TPSA) is 115 Å². The number of allylic oxidation sites excluding steroid dienone is 2. The minimum absolute atomic E-state index is 0.0153. The van der Waals surface area contributed by atoms with Crippen molar-refractivity contribution in [2.24, 2.45) is 0 Å². The second kappa shape index (κ2) is 10.5. The number of hydrogen-bond donors (Lipinski definition) is 2. The number of hydrogen-bond acceptors (Lipinski definition) is 8. The van der Waals surface area contributed by atoms with Gasteiger partial charge in [-0.25, -0.2) is 13.4 Å². The fourth-order valence-corrected chi connectivity index (χ4v) is 5.04. The molecule has 0 unspecified atom stereocenters. The molecule has 3 aromatic carbocycles. The van der Waals surface area contributed by atoms with Gasteiger partial charge in [0.05, 0.1) is 4.90 Å². The maximum Gasteiger partial charge on any atom is 0.586 e. The van der Waals surface area contributed by atoms with Gasteiger partial charge in [0.15, 0.2) is 33.0 Å². The van der Waals surface area contributed by atoms with Crippen LogP contribution in [0.1, 0.15) is 12.8 Å². The van der Waals surface area contributed by atoms with Crippen LogP contribution in [0.5, 0.6) is 11.5 Å². The van der Waals surface area contributed by atoms with E-state index in [9.17, 15) is 30.4 Å². The zero-order valence-corrected chi connectivity index (χ0v) is 23.5. The number of aromatic nitrogens is 1. The lowest BCUT2D eigenvalue weighted by Crippen LogP contribution is -2.25. The van der Waals surface area contributed by atoms with E-state index in [1.165, 1.54) is 37.3 Å². The minimum Gasteiger partial charge on any atom is -0.440 e. The first-order chi connectivity index (χ1) is 20.0. The highest BCUT2D eigenvalue weighted by Gasteiger charge is 2.43. The molecule has 0 aliphatic carbocycles. The molecule has 0 amide bonds. The normalized spacial score (nSPS) is 14.6. The molecule has 2 N–H and O–H groups in total.